The van der Waals surface area contributed by atoms with Gasteiger partial charge in [0.2, 0.25) is 5.91 Å². The van der Waals surface area contributed by atoms with Crippen molar-refractivity contribution in [3.8, 4) is 0 Å². The van der Waals surface area contributed by atoms with Crippen LogP contribution in [0.2, 0.25) is 0 Å². The fourth-order valence-electron chi connectivity index (χ4n) is 4.23. The quantitative estimate of drug-likeness (QED) is 0.842. The predicted molar refractivity (Wildman–Crippen MR) is 95.2 cm³/mol. The standard InChI is InChI=1S/C18H28N2O3S/c1-23-9-8-19-12-15(13-21)18(14-19)4-6-20(7-5-18)17(22)11-16-3-2-10-24-16/h2-3,10,15,21H,4-9,11-14H2,1H3. The lowest BCUT2D eigenvalue weighted by Crippen LogP contribution is -2.47. The van der Waals surface area contributed by atoms with Crippen molar-refractivity contribution in [1.82, 2.24) is 9.80 Å². The highest BCUT2D eigenvalue weighted by molar-refractivity contribution is 7.10. The van der Waals surface area contributed by atoms with Crippen molar-refractivity contribution in [2.75, 3.05) is 53.0 Å². The third kappa shape index (κ3) is 3.82. The number of thiophene rings is 1. The van der Waals surface area contributed by atoms with E-state index < -0.39 is 0 Å². The van der Waals surface area contributed by atoms with Crippen LogP contribution in [-0.2, 0) is 16.0 Å². The molecule has 134 valence electrons. The van der Waals surface area contributed by atoms with E-state index in [0.29, 0.717) is 12.3 Å². The van der Waals surface area contributed by atoms with Gasteiger partial charge in [0.25, 0.3) is 0 Å². The van der Waals surface area contributed by atoms with Crippen molar-refractivity contribution < 1.29 is 14.6 Å². The van der Waals surface area contributed by atoms with E-state index in [2.05, 4.69) is 4.90 Å². The van der Waals surface area contributed by atoms with Gasteiger partial charge in [-0.25, -0.2) is 0 Å². The van der Waals surface area contributed by atoms with E-state index in [1.54, 1.807) is 18.4 Å². The number of hydrogen-bond donors (Lipinski definition) is 1. The molecule has 1 aromatic rings. The molecule has 0 aromatic carbocycles. The lowest BCUT2D eigenvalue weighted by Gasteiger charge is -2.42. The molecule has 0 aliphatic carbocycles. The molecule has 1 aromatic heterocycles. The summed E-state index contributed by atoms with van der Waals surface area (Å²) in [5.41, 5.74) is 0.169. The molecule has 2 fully saturated rings. The summed E-state index contributed by atoms with van der Waals surface area (Å²) in [7, 11) is 1.73. The number of nitrogens with zero attached hydrogens (tertiary/aromatic N) is 2. The normalized spacial score (nSPS) is 23.9. The largest absolute Gasteiger partial charge is 0.396 e. The second-order valence-corrected chi connectivity index (χ2v) is 8.14. The highest BCUT2D eigenvalue weighted by Gasteiger charge is 2.47. The van der Waals surface area contributed by atoms with Crippen molar-refractivity contribution in [2.45, 2.75) is 19.3 Å². The molecule has 2 aliphatic rings. The number of carbonyl (C=O) groups excluding carboxylic acids is 1. The first-order valence-corrected chi connectivity index (χ1v) is 9.67. The SMILES string of the molecule is COCCN1CC(CO)C2(CCN(C(=O)Cc3cccs3)CC2)C1. The summed E-state index contributed by atoms with van der Waals surface area (Å²) in [6.07, 6.45) is 2.52. The Kier molecular flexibility index (Phi) is 5.92. The number of aliphatic hydroxyl groups is 1. The third-order valence-electron chi connectivity index (χ3n) is 5.73. The van der Waals surface area contributed by atoms with Crippen molar-refractivity contribution in [2.24, 2.45) is 11.3 Å². The zero-order chi connectivity index (χ0) is 17.0. The van der Waals surface area contributed by atoms with Gasteiger partial charge >= 0.3 is 0 Å². The number of ether oxygens (including phenoxy) is 1. The van der Waals surface area contributed by atoms with Crippen LogP contribution in [0.3, 0.4) is 0 Å². The first-order chi connectivity index (χ1) is 11.7. The van der Waals surface area contributed by atoms with Crippen LogP contribution in [0.4, 0.5) is 0 Å². The number of amides is 1. The Morgan fingerprint density at radius 2 is 2.25 bits per heavy atom. The van der Waals surface area contributed by atoms with E-state index in [-0.39, 0.29) is 17.9 Å². The second kappa shape index (κ2) is 7.95. The van der Waals surface area contributed by atoms with Crippen molar-refractivity contribution >= 4 is 17.2 Å². The van der Waals surface area contributed by atoms with Crippen LogP contribution in [-0.4, -0.2) is 73.9 Å². The minimum Gasteiger partial charge on any atom is -0.396 e. The maximum Gasteiger partial charge on any atom is 0.227 e. The van der Waals surface area contributed by atoms with E-state index in [4.69, 9.17) is 4.74 Å². The molecule has 0 bridgehead atoms. The summed E-state index contributed by atoms with van der Waals surface area (Å²) in [6.45, 7) is 5.51. The van der Waals surface area contributed by atoms with Crippen LogP contribution < -0.4 is 0 Å². The average molecular weight is 353 g/mol. The molecule has 2 saturated heterocycles. The van der Waals surface area contributed by atoms with Gasteiger partial charge in [-0.1, -0.05) is 6.07 Å². The minimum absolute atomic E-state index is 0.169. The van der Waals surface area contributed by atoms with Crippen LogP contribution in [0.25, 0.3) is 0 Å². The molecule has 5 nitrogen and oxygen atoms in total. The maximum absolute atomic E-state index is 12.5. The van der Waals surface area contributed by atoms with Gasteiger partial charge in [0.15, 0.2) is 0 Å². The van der Waals surface area contributed by atoms with E-state index in [9.17, 15) is 9.90 Å². The topological polar surface area (TPSA) is 53.0 Å². The number of rotatable bonds is 6. The first-order valence-electron chi connectivity index (χ1n) is 8.79. The number of piperidine rings is 1. The van der Waals surface area contributed by atoms with Crippen LogP contribution in [0.15, 0.2) is 17.5 Å². The van der Waals surface area contributed by atoms with Crippen LogP contribution in [0.5, 0.6) is 0 Å². The van der Waals surface area contributed by atoms with Gasteiger partial charge in [-0.2, -0.15) is 0 Å². The lowest BCUT2D eigenvalue weighted by molar-refractivity contribution is -0.133. The molecule has 1 amide bonds. The van der Waals surface area contributed by atoms with Gasteiger partial charge in [-0.15, -0.1) is 11.3 Å². The Balaban J connectivity index is 1.55. The Bertz CT molecular complexity index is 526. The summed E-state index contributed by atoms with van der Waals surface area (Å²) >= 11 is 1.65. The molecular formula is C18H28N2O3S. The molecule has 1 unspecified atom stereocenters. The van der Waals surface area contributed by atoms with Gasteiger partial charge < -0.3 is 19.6 Å². The second-order valence-electron chi connectivity index (χ2n) is 7.11. The van der Waals surface area contributed by atoms with Gasteiger partial charge in [0.1, 0.15) is 0 Å². The van der Waals surface area contributed by atoms with Gasteiger partial charge in [0, 0.05) is 57.2 Å². The molecule has 3 heterocycles. The Morgan fingerprint density at radius 3 is 2.88 bits per heavy atom. The molecule has 1 N–H and O–H groups in total. The smallest absolute Gasteiger partial charge is 0.227 e. The first kappa shape index (κ1) is 17.9. The molecule has 2 aliphatic heterocycles. The summed E-state index contributed by atoms with van der Waals surface area (Å²) in [4.78, 5) is 18.0. The fraction of sp³-hybridized carbons (Fsp3) is 0.722. The minimum atomic E-state index is 0.169. The third-order valence-corrected chi connectivity index (χ3v) is 6.61. The Hall–Kier alpha value is -0.950. The molecule has 6 heteroatoms. The molecule has 1 spiro atoms. The Morgan fingerprint density at radius 1 is 1.46 bits per heavy atom. The lowest BCUT2D eigenvalue weighted by atomic mass is 9.71. The predicted octanol–water partition coefficient (Wildman–Crippen LogP) is 1.47. The van der Waals surface area contributed by atoms with E-state index in [0.717, 1.165) is 57.0 Å². The summed E-state index contributed by atoms with van der Waals surface area (Å²) in [5, 5.41) is 11.9. The van der Waals surface area contributed by atoms with Gasteiger partial charge in [0.05, 0.1) is 13.0 Å². The number of methoxy groups -OCH3 is 1. The molecular weight excluding hydrogens is 324 g/mol. The highest BCUT2D eigenvalue weighted by Crippen LogP contribution is 2.44. The summed E-state index contributed by atoms with van der Waals surface area (Å²) in [6, 6.07) is 4.03. The monoisotopic (exact) mass is 352 g/mol. The number of carbonyl (C=O) groups is 1. The number of aliphatic hydroxyl groups excluding tert-OH is 1. The molecule has 0 radical (unpaired) electrons. The Labute approximate surface area is 148 Å². The molecule has 1 atom stereocenters. The fourth-order valence-corrected chi connectivity index (χ4v) is 4.92. The van der Waals surface area contributed by atoms with E-state index >= 15 is 0 Å². The summed E-state index contributed by atoms with van der Waals surface area (Å²) < 4.78 is 5.19. The van der Waals surface area contributed by atoms with E-state index in [1.807, 2.05) is 22.4 Å². The highest BCUT2D eigenvalue weighted by atomic mass is 32.1. The average Bonchev–Trinajstić information content (AvgIpc) is 3.21. The van der Waals surface area contributed by atoms with Crippen LogP contribution in [0, 0.1) is 11.3 Å². The van der Waals surface area contributed by atoms with E-state index in [1.165, 1.54) is 0 Å². The van der Waals surface area contributed by atoms with Crippen molar-refractivity contribution in [3.05, 3.63) is 22.4 Å². The van der Waals surface area contributed by atoms with Gasteiger partial charge in [-0.05, 0) is 29.7 Å². The van der Waals surface area contributed by atoms with Crippen molar-refractivity contribution in [1.29, 1.82) is 0 Å². The molecule has 24 heavy (non-hydrogen) atoms. The molecule has 3 rings (SSSR count). The van der Waals surface area contributed by atoms with Gasteiger partial charge in [-0.3, -0.25) is 4.79 Å². The van der Waals surface area contributed by atoms with Crippen molar-refractivity contribution in [3.63, 3.8) is 0 Å². The zero-order valence-corrected chi connectivity index (χ0v) is 15.3. The number of hydrogen-bond acceptors (Lipinski definition) is 5. The maximum atomic E-state index is 12.5. The zero-order valence-electron chi connectivity index (χ0n) is 14.4. The molecule has 0 saturated carbocycles. The van der Waals surface area contributed by atoms with Crippen LogP contribution in [0.1, 0.15) is 17.7 Å². The summed E-state index contributed by atoms with van der Waals surface area (Å²) in [5.74, 6) is 0.561. The number of likely N-dealkylation sites (tertiary alicyclic amines) is 2. The van der Waals surface area contributed by atoms with Crippen LogP contribution >= 0.6 is 11.3 Å².